The summed E-state index contributed by atoms with van der Waals surface area (Å²) in [7, 11) is 0. The van der Waals surface area contributed by atoms with Crippen LogP contribution in [0.4, 0.5) is 5.13 Å². The topological polar surface area (TPSA) is 42.0 Å². The Balaban J connectivity index is 1.46. The number of nitrogens with zero attached hydrogens (tertiary/aromatic N) is 1. The molecule has 0 saturated carbocycles. The van der Waals surface area contributed by atoms with Gasteiger partial charge in [0.1, 0.15) is 0 Å². The number of halogens is 1. The van der Waals surface area contributed by atoms with E-state index in [1.54, 1.807) is 11.8 Å². The molecule has 0 fully saturated rings. The third-order valence-corrected chi connectivity index (χ3v) is 6.29. The average molecular weight is 417 g/mol. The van der Waals surface area contributed by atoms with E-state index in [4.69, 9.17) is 11.6 Å². The lowest BCUT2D eigenvalue weighted by atomic mass is 10.1. The number of benzene rings is 2. The number of rotatable bonds is 7. The molecule has 1 amide bonds. The first-order chi connectivity index (χ1) is 13.0. The molecule has 0 saturated heterocycles. The van der Waals surface area contributed by atoms with Crippen molar-refractivity contribution in [1.82, 2.24) is 4.98 Å². The van der Waals surface area contributed by atoms with Gasteiger partial charge in [-0.15, -0.1) is 23.1 Å². The summed E-state index contributed by atoms with van der Waals surface area (Å²) >= 11 is 9.07. The van der Waals surface area contributed by atoms with Crippen molar-refractivity contribution in [2.75, 3.05) is 11.1 Å². The van der Waals surface area contributed by atoms with Gasteiger partial charge in [0.2, 0.25) is 5.91 Å². The minimum atomic E-state index is 0.00712. The van der Waals surface area contributed by atoms with Gasteiger partial charge in [-0.25, -0.2) is 4.98 Å². The number of amides is 1. The monoisotopic (exact) mass is 416 g/mol. The molecule has 0 aliphatic heterocycles. The predicted molar refractivity (Wildman–Crippen MR) is 117 cm³/mol. The Labute approximate surface area is 173 Å². The second-order valence-electron chi connectivity index (χ2n) is 6.29. The Morgan fingerprint density at radius 1 is 1.15 bits per heavy atom. The summed E-state index contributed by atoms with van der Waals surface area (Å²) in [6.45, 7) is 4.19. The number of nitrogens with one attached hydrogen (secondary N) is 1. The second kappa shape index (κ2) is 9.40. The van der Waals surface area contributed by atoms with E-state index in [2.05, 4.69) is 42.3 Å². The normalized spacial score (nSPS) is 10.8. The Morgan fingerprint density at radius 3 is 2.67 bits per heavy atom. The van der Waals surface area contributed by atoms with E-state index < -0.39 is 0 Å². The lowest BCUT2D eigenvalue weighted by Gasteiger charge is -2.04. The molecule has 1 aromatic heterocycles. The Bertz CT molecular complexity index is 922. The molecule has 2 aromatic carbocycles. The number of anilines is 1. The minimum Gasteiger partial charge on any atom is -0.302 e. The minimum absolute atomic E-state index is 0.00712. The number of aromatic nitrogens is 1. The van der Waals surface area contributed by atoms with Crippen molar-refractivity contribution in [1.29, 1.82) is 0 Å². The van der Waals surface area contributed by atoms with E-state index in [0.717, 1.165) is 33.3 Å². The summed E-state index contributed by atoms with van der Waals surface area (Å²) < 4.78 is 0. The SMILES string of the molecule is Cc1ccc(-c2csc(NC(=O)CCCSc3ccc(Cl)cc3)n2)cc1C. The van der Waals surface area contributed by atoms with Crippen LogP contribution in [-0.2, 0) is 4.79 Å². The Hall–Kier alpha value is -1.82. The molecule has 140 valence electrons. The molecule has 0 atom stereocenters. The van der Waals surface area contributed by atoms with Crippen molar-refractivity contribution in [3.05, 3.63) is 64.0 Å². The number of hydrogen-bond donors (Lipinski definition) is 1. The fourth-order valence-corrected chi connectivity index (χ4v) is 4.21. The third kappa shape index (κ3) is 5.83. The van der Waals surface area contributed by atoms with Crippen LogP contribution in [0.1, 0.15) is 24.0 Å². The average Bonchev–Trinajstić information content (AvgIpc) is 3.11. The van der Waals surface area contributed by atoms with Crippen LogP contribution in [-0.4, -0.2) is 16.6 Å². The number of carbonyl (C=O) groups excluding carboxylic acids is 1. The predicted octanol–water partition coefficient (Wildman–Crippen LogP) is 6.59. The summed E-state index contributed by atoms with van der Waals surface area (Å²) in [4.78, 5) is 17.9. The number of thiazole rings is 1. The van der Waals surface area contributed by atoms with Gasteiger partial charge >= 0.3 is 0 Å². The van der Waals surface area contributed by atoms with E-state index in [0.29, 0.717) is 11.6 Å². The van der Waals surface area contributed by atoms with Gasteiger partial charge in [0.15, 0.2) is 5.13 Å². The van der Waals surface area contributed by atoms with Crippen molar-refractivity contribution in [2.24, 2.45) is 0 Å². The van der Waals surface area contributed by atoms with Crippen LogP contribution in [0.3, 0.4) is 0 Å². The van der Waals surface area contributed by atoms with Crippen LogP contribution in [0.2, 0.25) is 5.02 Å². The maximum atomic E-state index is 12.1. The van der Waals surface area contributed by atoms with E-state index in [1.807, 2.05) is 29.6 Å². The molecule has 1 heterocycles. The van der Waals surface area contributed by atoms with Crippen LogP contribution in [0.15, 0.2) is 52.7 Å². The van der Waals surface area contributed by atoms with E-state index >= 15 is 0 Å². The molecular weight excluding hydrogens is 396 g/mol. The van der Waals surface area contributed by atoms with Crippen molar-refractivity contribution in [2.45, 2.75) is 31.6 Å². The number of hydrogen-bond acceptors (Lipinski definition) is 4. The van der Waals surface area contributed by atoms with Crippen LogP contribution >= 0.6 is 34.7 Å². The standard InChI is InChI=1S/C21H21ClN2OS2/c1-14-5-6-16(12-15(14)2)19-13-27-21(23-19)24-20(25)4-3-11-26-18-9-7-17(22)8-10-18/h5-10,12-13H,3-4,11H2,1-2H3,(H,23,24,25). The first-order valence-corrected chi connectivity index (χ1v) is 11.0. The van der Waals surface area contributed by atoms with Gasteiger partial charge in [-0.05, 0) is 67.5 Å². The quantitative estimate of drug-likeness (QED) is 0.349. The zero-order valence-corrected chi connectivity index (χ0v) is 17.7. The number of thioether (sulfide) groups is 1. The zero-order chi connectivity index (χ0) is 19.2. The number of aryl methyl sites for hydroxylation is 2. The molecule has 0 aliphatic carbocycles. The molecule has 0 aliphatic rings. The summed E-state index contributed by atoms with van der Waals surface area (Å²) in [6, 6.07) is 14.0. The molecule has 3 aromatic rings. The second-order valence-corrected chi connectivity index (χ2v) is 8.75. The van der Waals surface area contributed by atoms with Crippen molar-refractivity contribution < 1.29 is 4.79 Å². The molecule has 0 radical (unpaired) electrons. The first-order valence-electron chi connectivity index (χ1n) is 8.72. The molecule has 6 heteroatoms. The van der Waals surface area contributed by atoms with E-state index in [-0.39, 0.29) is 5.91 Å². The molecule has 0 spiro atoms. The summed E-state index contributed by atoms with van der Waals surface area (Å²) in [5.74, 6) is 0.897. The zero-order valence-electron chi connectivity index (χ0n) is 15.3. The maximum Gasteiger partial charge on any atom is 0.226 e. The molecule has 27 heavy (non-hydrogen) atoms. The largest absolute Gasteiger partial charge is 0.302 e. The molecular formula is C21H21ClN2OS2. The molecule has 0 unspecified atom stereocenters. The highest BCUT2D eigenvalue weighted by Gasteiger charge is 2.09. The van der Waals surface area contributed by atoms with Gasteiger partial charge < -0.3 is 5.32 Å². The van der Waals surface area contributed by atoms with E-state index in [9.17, 15) is 4.79 Å². The van der Waals surface area contributed by atoms with Crippen molar-refractivity contribution in [3.63, 3.8) is 0 Å². The third-order valence-electron chi connectivity index (χ3n) is 4.18. The van der Waals surface area contributed by atoms with Gasteiger partial charge in [-0.3, -0.25) is 4.79 Å². The van der Waals surface area contributed by atoms with Crippen LogP contribution in [0.25, 0.3) is 11.3 Å². The summed E-state index contributed by atoms with van der Waals surface area (Å²) in [5.41, 5.74) is 4.48. The lowest BCUT2D eigenvalue weighted by molar-refractivity contribution is -0.116. The Kier molecular flexibility index (Phi) is 6.94. The summed E-state index contributed by atoms with van der Waals surface area (Å²) in [6.07, 6.45) is 1.30. The molecule has 1 N–H and O–H groups in total. The fourth-order valence-electron chi connectivity index (χ4n) is 2.50. The van der Waals surface area contributed by atoms with Gasteiger partial charge in [0.05, 0.1) is 5.69 Å². The fraction of sp³-hybridized carbons (Fsp3) is 0.238. The van der Waals surface area contributed by atoms with Gasteiger partial charge in [0.25, 0.3) is 0 Å². The highest BCUT2D eigenvalue weighted by atomic mass is 35.5. The molecule has 3 nitrogen and oxygen atoms in total. The Morgan fingerprint density at radius 2 is 1.93 bits per heavy atom. The summed E-state index contributed by atoms with van der Waals surface area (Å²) in [5, 5.41) is 6.28. The van der Waals surface area contributed by atoms with Crippen LogP contribution in [0, 0.1) is 13.8 Å². The molecule has 3 rings (SSSR count). The van der Waals surface area contributed by atoms with Gasteiger partial charge in [0, 0.05) is 27.3 Å². The highest BCUT2D eigenvalue weighted by molar-refractivity contribution is 7.99. The lowest BCUT2D eigenvalue weighted by Crippen LogP contribution is -2.11. The van der Waals surface area contributed by atoms with Gasteiger partial charge in [-0.2, -0.15) is 0 Å². The highest BCUT2D eigenvalue weighted by Crippen LogP contribution is 2.27. The van der Waals surface area contributed by atoms with Crippen LogP contribution in [0.5, 0.6) is 0 Å². The van der Waals surface area contributed by atoms with Crippen LogP contribution < -0.4 is 5.32 Å². The van der Waals surface area contributed by atoms with E-state index in [1.165, 1.54) is 22.5 Å². The van der Waals surface area contributed by atoms with Crippen molar-refractivity contribution >= 4 is 45.7 Å². The number of carbonyl (C=O) groups is 1. The maximum absolute atomic E-state index is 12.1. The van der Waals surface area contributed by atoms with Gasteiger partial charge in [-0.1, -0.05) is 23.7 Å². The molecule has 0 bridgehead atoms. The first kappa shape index (κ1) is 19.9. The van der Waals surface area contributed by atoms with Crippen molar-refractivity contribution in [3.8, 4) is 11.3 Å². The smallest absolute Gasteiger partial charge is 0.226 e.